The molecule has 0 aliphatic rings. The summed E-state index contributed by atoms with van der Waals surface area (Å²) in [5, 5.41) is 10.7. The largest absolute Gasteiger partial charge is 0.495 e. The maximum atomic E-state index is 14.2. The molecule has 0 unspecified atom stereocenters. The third kappa shape index (κ3) is 4.43. The van der Waals surface area contributed by atoms with Gasteiger partial charge in [0, 0.05) is 6.07 Å². The highest BCUT2D eigenvalue weighted by atomic mass is 32.2. The molecule has 0 amide bonds. The average molecular weight is 418 g/mol. The van der Waals surface area contributed by atoms with Gasteiger partial charge in [0.25, 0.3) is 15.7 Å². The Bertz CT molecular complexity index is 1170. The van der Waals surface area contributed by atoms with Gasteiger partial charge in [-0.2, -0.15) is 0 Å². The number of rotatable bonds is 7. The van der Waals surface area contributed by atoms with Gasteiger partial charge in [-0.3, -0.25) is 14.8 Å². The van der Waals surface area contributed by atoms with Gasteiger partial charge in [-0.15, -0.1) is 0 Å². The number of non-ortho nitro benzene ring substituents is 1. The number of hydrogen-bond donors (Lipinski definition) is 1. The van der Waals surface area contributed by atoms with E-state index >= 15 is 0 Å². The number of nitrogens with one attached hydrogen (secondary N) is 1. The molecular formula is C19H15FN2O6S. The zero-order valence-corrected chi connectivity index (χ0v) is 15.9. The summed E-state index contributed by atoms with van der Waals surface area (Å²) < 4.78 is 52.9. The number of nitro groups is 1. The summed E-state index contributed by atoms with van der Waals surface area (Å²) in [5.41, 5.74) is -0.236. The number of hydrogen-bond acceptors (Lipinski definition) is 6. The van der Waals surface area contributed by atoms with Gasteiger partial charge >= 0.3 is 0 Å². The second-order valence-corrected chi connectivity index (χ2v) is 7.38. The molecule has 3 aromatic rings. The van der Waals surface area contributed by atoms with Crippen LogP contribution < -0.4 is 14.2 Å². The molecule has 0 aliphatic heterocycles. The normalized spacial score (nSPS) is 11.0. The van der Waals surface area contributed by atoms with Crippen molar-refractivity contribution in [2.45, 2.75) is 4.90 Å². The Morgan fingerprint density at radius 1 is 0.966 bits per heavy atom. The lowest BCUT2D eigenvalue weighted by atomic mass is 10.3. The van der Waals surface area contributed by atoms with Crippen LogP contribution in [0.3, 0.4) is 0 Å². The van der Waals surface area contributed by atoms with E-state index in [1.165, 1.54) is 37.4 Å². The number of benzene rings is 3. The molecule has 29 heavy (non-hydrogen) atoms. The zero-order chi connectivity index (χ0) is 21.0. The molecule has 0 saturated carbocycles. The molecule has 0 radical (unpaired) electrons. The molecule has 0 saturated heterocycles. The Labute approximate surface area is 165 Å². The van der Waals surface area contributed by atoms with Crippen molar-refractivity contribution in [1.82, 2.24) is 0 Å². The molecule has 0 fully saturated rings. The number of nitro benzene ring substituents is 1. The minimum Gasteiger partial charge on any atom is -0.495 e. The van der Waals surface area contributed by atoms with Crippen LogP contribution in [0.5, 0.6) is 17.2 Å². The van der Waals surface area contributed by atoms with Crippen LogP contribution in [-0.2, 0) is 10.0 Å². The number of para-hydroxylation sites is 3. The van der Waals surface area contributed by atoms with E-state index in [9.17, 15) is 22.9 Å². The number of halogens is 1. The van der Waals surface area contributed by atoms with Crippen molar-refractivity contribution >= 4 is 21.4 Å². The van der Waals surface area contributed by atoms with E-state index in [-0.39, 0.29) is 22.1 Å². The van der Waals surface area contributed by atoms with Gasteiger partial charge in [-0.05, 0) is 30.3 Å². The van der Waals surface area contributed by atoms with E-state index in [1.54, 1.807) is 18.2 Å². The first-order valence-electron chi connectivity index (χ1n) is 8.18. The van der Waals surface area contributed by atoms with Gasteiger partial charge in [0.15, 0.2) is 11.6 Å². The minimum atomic E-state index is -4.12. The molecule has 0 aromatic heterocycles. The van der Waals surface area contributed by atoms with E-state index < -0.39 is 26.5 Å². The Morgan fingerprint density at radius 3 is 2.28 bits per heavy atom. The van der Waals surface area contributed by atoms with E-state index in [0.29, 0.717) is 11.8 Å². The highest BCUT2D eigenvalue weighted by molar-refractivity contribution is 7.92. The van der Waals surface area contributed by atoms with Crippen molar-refractivity contribution in [1.29, 1.82) is 0 Å². The molecule has 3 aromatic carbocycles. The van der Waals surface area contributed by atoms with Crippen molar-refractivity contribution in [3.8, 4) is 17.2 Å². The lowest BCUT2D eigenvalue weighted by molar-refractivity contribution is -0.385. The van der Waals surface area contributed by atoms with Gasteiger partial charge in [0.1, 0.15) is 16.4 Å². The molecule has 3 rings (SSSR count). The first-order chi connectivity index (χ1) is 13.8. The van der Waals surface area contributed by atoms with Crippen LogP contribution in [0.2, 0.25) is 0 Å². The Hall–Kier alpha value is -3.66. The van der Waals surface area contributed by atoms with Crippen LogP contribution in [-0.4, -0.2) is 20.5 Å². The average Bonchev–Trinajstić information content (AvgIpc) is 2.70. The predicted octanol–water partition coefficient (Wildman–Crippen LogP) is 4.34. The third-order valence-electron chi connectivity index (χ3n) is 3.84. The lowest BCUT2D eigenvalue weighted by Crippen LogP contribution is -2.14. The van der Waals surface area contributed by atoms with Crippen LogP contribution in [0.25, 0.3) is 0 Å². The topological polar surface area (TPSA) is 108 Å². The standard InChI is InChI=1S/C19H15FN2O6S/c1-27-17-7-3-2-6-15(17)21-29(25,26)19-9-5-4-8-18(19)28-16-11-10-13(22(23)24)12-14(16)20/h2-12,21H,1H3. The minimum absolute atomic E-state index is 0.150. The van der Waals surface area contributed by atoms with Crippen molar-refractivity contribution in [3.63, 3.8) is 0 Å². The Kier molecular flexibility index (Phi) is 5.64. The van der Waals surface area contributed by atoms with E-state index in [4.69, 9.17) is 9.47 Å². The maximum absolute atomic E-state index is 14.2. The highest BCUT2D eigenvalue weighted by Gasteiger charge is 2.22. The van der Waals surface area contributed by atoms with Crippen LogP contribution in [0.4, 0.5) is 15.8 Å². The smallest absolute Gasteiger partial charge is 0.272 e. The number of ether oxygens (including phenoxy) is 2. The van der Waals surface area contributed by atoms with Crippen molar-refractivity contribution in [3.05, 3.63) is 82.7 Å². The highest BCUT2D eigenvalue weighted by Crippen LogP contribution is 2.33. The molecule has 8 nitrogen and oxygen atoms in total. The second-order valence-electron chi connectivity index (χ2n) is 5.73. The van der Waals surface area contributed by atoms with Crippen molar-refractivity contribution < 1.29 is 27.2 Å². The summed E-state index contributed by atoms with van der Waals surface area (Å²) in [7, 11) is -2.71. The summed E-state index contributed by atoms with van der Waals surface area (Å²) in [6.45, 7) is 0. The molecule has 150 valence electrons. The molecule has 0 atom stereocenters. The van der Waals surface area contributed by atoms with Crippen LogP contribution in [0.1, 0.15) is 0 Å². The first-order valence-corrected chi connectivity index (χ1v) is 9.67. The third-order valence-corrected chi connectivity index (χ3v) is 5.24. The molecular weight excluding hydrogens is 403 g/mol. The maximum Gasteiger partial charge on any atom is 0.272 e. The number of sulfonamides is 1. The SMILES string of the molecule is COc1ccccc1NS(=O)(=O)c1ccccc1Oc1ccc([N+](=O)[O-])cc1F. The van der Waals surface area contributed by atoms with Crippen LogP contribution in [0.15, 0.2) is 71.6 Å². The fourth-order valence-electron chi connectivity index (χ4n) is 2.49. The molecule has 0 bridgehead atoms. The molecule has 1 N–H and O–H groups in total. The first kappa shape index (κ1) is 20.1. The van der Waals surface area contributed by atoms with Crippen LogP contribution in [0, 0.1) is 15.9 Å². The lowest BCUT2D eigenvalue weighted by Gasteiger charge is -2.15. The molecule has 0 aliphatic carbocycles. The van der Waals surface area contributed by atoms with Gasteiger partial charge in [-0.1, -0.05) is 24.3 Å². The summed E-state index contributed by atoms with van der Waals surface area (Å²) in [6.07, 6.45) is 0. The van der Waals surface area contributed by atoms with Crippen LogP contribution >= 0.6 is 0 Å². The summed E-state index contributed by atoms with van der Waals surface area (Å²) >= 11 is 0. The number of methoxy groups -OCH3 is 1. The summed E-state index contributed by atoms with van der Waals surface area (Å²) in [6, 6.07) is 14.9. The quantitative estimate of drug-likeness (QED) is 0.452. The second kappa shape index (κ2) is 8.15. The van der Waals surface area contributed by atoms with Gasteiger partial charge in [0.05, 0.1) is 23.8 Å². The fourth-order valence-corrected chi connectivity index (χ4v) is 3.69. The van der Waals surface area contributed by atoms with E-state index in [1.807, 2.05) is 0 Å². The molecule has 10 heteroatoms. The van der Waals surface area contributed by atoms with E-state index in [0.717, 1.165) is 12.1 Å². The van der Waals surface area contributed by atoms with Gasteiger partial charge < -0.3 is 9.47 Å². The predicted molar refractivity (Wildman–Crippen MR) is 103 cm³/mol. The summed E-state index contributed by atoms with van der Waals surface area (Å²) in [5.74, 6) is -1.18. The van der Waals surface area contributed by atoms with Gasteiger partial charge in [-0.25, -0.2) is 12.8 Å². The fraction of sp³-hybridized carbons (Fsp3) is 0.0526. The number of nitrogens with zero attached hydrogens (tertiary/aromatic N) is 1. The van der Waals surface area contributed by atoms with E-state index in [2.05, 4.69) is 4.72 Å². The van der Waals surface area contributed by atoms with Crippen molar-refractivity contribution in [2.24, 2.45) is 0 Å². The van der Waals surface area contributed by atoms with Gasteiger partial charge in [0.2, 0.25) is 0 Å². The number of anilines is 1. The Balaban J connectivity index is 1.95. The molecule has 0 heterocycles. The monoisotopic (exact) mass is 418 g/mol. The zero-order valence-electron chi connectivity index (χ0n) is 15.0. The molecule has 0 spiro atoms. The summed E-state index contributed by atoms with van der Waals surface area (Å²) in [4.78, 5) is 9.74. The Morgan fingerprint density at radius 2 is 1.62 bits per heavy atom. The van der Waals surface area contributed by atoms with Crippen molar-refractivity contribution in [2.75, 3.05) is 11.8 Å².